The molecule has 0 amide bonds. The second kappa shape index (κ2) is 8.53. The maximum absolute atomic E-state index is 4.49. The zero-order valence-electron chi connectivity index (χ0n) is 6.46. The van der Waals surface area contributed by atoms with E-state index in [1.165, 1.54) is 24.8 Å². The molecule has 66 valence electrons. The van der Waals surface area contributed by atoms with E-state index in [1.54, 1.807) is 0 Å². The molecule has 2 heteroatoms. The van der Waals surface area contributed by atoms with Gasteiger partial charge < -0.3 is 0 Å². The third-order valence-electron chi connectivity index (χ3n) is 1.57. The van der Waals surface area contributed by atoms with Crippen molar-refractivity contribution in [1.29, 1.82) is 0 Å². The van der Waals surface area contributed by atoms with Crippen LogP contribution in [0.1, 0.15) is 25.7 Å². The van der Waals surface area contributed by atoms with Crippen LogP contribution in [0.15, 0.2) is 23.8 Å². The first-order valence-corrected chi connectivity index (χ1v) is 5.68. The summed E-state index contributed by atoms with van der Waals surface area (Å²) < 4.78 is 0. The molecule has 0 aromatic carbocycles. The van der Waals surface area contributed by atoms with E-state index in [4.69, 9.17) is 0 Å². The van der Waals surface area contributed by atoms with Gasteiger partial charge in [0, 0.05) is 0 Å². The van der Waals surface area contributed by atoms with E-state index in [9.17, 15) is 0 Å². The molecule has 0 atom stereocenters. The van der Waals surface area contributed by atoms with Crippen molar-refractivity contribution < 1.29 is 18.2 Å². The van der Waals surface area contributed by atoms with E-state index in [-0.39, 0.29) is 0 Å². The van der Waals surface area contributed by atoms with Crippen LogP contribution in [-0.2, 0) is 18.2 Å². The first-order chi connectivity index (χ1) is 5.39. The first kappa shape index (κ1) is 11.4. The summed E-state index contributed by atoms with van der Waals surface area (Å²) in [6, 6.07) is 0. The Kier molecular flexibility index (Phi) is 8.86. The second-order valence-electron chi connectivity index (χ2n) is 2.45. The van der Waals surface area contributed by atoms with Crippen LogP contribution >= 0.6 is 9.53 Å². The molecular weight excluding hydrogens is 250 g/mol. The molecule has 0 nitrogen and oxygen atoms in total. The third-order valence-corrected chi connectivity index (χ3v) is 1.57. The summed E-state index contributed by atoms with van der Waals surface area (Å²) >= 11 is 2.22. The van der Waals surface area contributed by atoms with E-state index >= 15 is 0 Å². The molecule has 0 spiro atoms. The molecule has 1 aliphatic carbocycles. The SMILES string of the molecule is [CH2]C1=CCCC=CCC1.[Cl][Pd]. The number of hydrogen-bond donors (Lipinski definition) is 0. The van der Waals surface area contributed by atoms with Crippen molar-refractivity contribution in [3.8, 4) is 0 Å². The fourth-order valence-electron chi connectivity index (χ4n) is 0.990. The average Bonchev–Trinajstić information content (AvgIpc) is 2.01. The Balaban J connectivity index is 0.000000461. The van der Waals surface area contributed by atoms with Gasteiger partial charge in [-0.05, 0) is 32.6 Å². The fourth-order valence-corrected chi connectivity index (χ4v) is 0.990. The zero-order chi connectivity index (χ0) is 8.53. The molecule has 0 aliphatic heterocycles. The van der Waals surface area contributed by atoms with Crippen LogP contribution in [-0.4, -0.2) is 0 Å². The normalized spacial score (nSPS) is 17.3. The van der Waals surface area contributed by atoms with E-state index in [0.29, 0.717) is 0 Å². The predicted molar refractivity (Wildman–Crippen MR) is 46.9 cm³/mol. The number of hydrogen-bond acceptors (Lipinski definition) is 0. The fraction of sp³-hybridized carbons (Fsp3) is 0.444. The Hall–Kier alpha value is 0.432. The molecule has 0 bridgehead atoms. The topological polar surface area (TPSA) is 0 Å². The van der Waals surface area contributed by atoms with Gasteiger partial charge in [-0.2, -0.15) is 0 Å². The monoisotopic (exact) mass is 262 g/mol. The maximum atomic E-state index is 4.49. The Bertz CT molecular complexity index is 138. The van der Waals surface area contributed by atoms with Crippen molar-refractivity contribution in [2.45, 2.75) is 25.7 Å². The summed E-state index contributed by atoms with van der Waals surface area (Å²) in [4.78, 5) is 0. The van der Waals surface area contributed by atoms with Crippen molar-refractivity contribution in [3.63, 3.8) is 0 Å². The molecule has 0 aromatic rings. The minimum atomic E-state index is 1.15. The molecule has 1 rings (SSSR count). The zero-order valence-corrected chi connectivity index (χ0v) is 8.77. The summed E-state index contributed by atoms with van der Waals surface area (Å²) in [5, 5.41) is 0. The quantitative estimate of drug-likeness (QED) is 0.463. The molecule has 0 heterocycles. The average molecular weight is 263 g/mol. The summed E-state index contributed by atoms with van der Waals surface area (Å²) in [5.74, 6) is 0. The summed E-state index contributed by atoms with van der Waals surface area (Å²) in [6.07, 6.45) is 11.4. The number of allylic oxidation sites excluding steroid dienone is 4. The molecule has 0 fully saturated rings. The molecule has 0 N–H and O–H groups in total. The molecule has 1 aliphatic rings. The van der Waals surface area contributed by atoms with Crippen molar-refractivity contribution in [1.82, 2.24) is 0 Å². The Morgan fingerprint density at radius 2 is 1.82 bits per heavy atom. The van der Waals surface area contributed by atoms with Gasteiger partial charge in [-0.1, -0.05) is 23.8 Å². The molecule has 0 saturated heterocycles. The molecular formula is C9H13ClPd. The van der Waals surface area contributed by atoms with Crippen molar-refractivity contribution in [2.75, 3.05) is 0 Å². The second-order valence-corrected chi connectivity index (χ2v) is 2.45. The van der Waals surface area contributed by atoms with Crippen LogP contribution in [0.2, 0.25) is 0 Å². The van der Waals surface area contributed by atoms with Gasteiger partial charge in [0.15, 0.2) is 0 Å². The van der Waals surface area contributed by atoms with Crippen molar-refractivity contribution >= 4 is 9.53 Å². The van der Waals surface area contributed by atoms with Crippen LogP contribution < -0.4 is 0 Å². The van der Waals surface area contributed by atoms with Gasteiger partial charge in [0.05, 0.1) is 0 Å². The van der Waals surface area contributed by atoms with E-state index in [2.05, 4.69) is 52.9 Å². The van der Waals surface area contributed by atoms with Gasteiger partial charge >= 0.3 is 27.7 Å². The molecule has 0 unspecified atom stereocenters. The number of rotatable bonds is 0. The molecule has 1 radical (unpaired) electrons. The standard InChI is InChI=1S/C9H13.ClH.Pd/c1-9-7-5-3-2-4-6-8-9;;/h2-3,8H,1,4-7H2;1H;/q;;+1/p-1. The van der Waals surface area contributed by atoms with Gasteiger partial charge in [-0.15, -0.1) is 0 Å². The van der Waals surface area contributed by atoms with E-state index in [1.807, 2.05) is 0 Å². The molecule has 0 aromatic heterocycles. The third kappa shape index (κ3) is 6.82. The van der Waals surface area contributed by atoms with Gasteiger partial charge in [0.2, 0.25) is 0 Å². The summed E-state index contributed by atoms with van der Waals surface area (Å²) in [5.41, 5.74) is 1.30. The van der Waals surface area contributed by atoms with Crippen molar-refractivity contribution in [2.24, 2.45) is 0 Å². The van der Waals surface area contributed by atoms with Gasteiger partial charge in [0.1, 0.15) is 0 Å². The van der Waals surface area contributed by atoms with Crippen LogP contribution in [0.25, 0.3) is 0 Å². The van der Waals surface area contributed by atoms with E-state index in [0.717, 1.165) is 6.42 Å². The number of halogens is 1. The Labute approximate surface area is 84.1 Å². The van der Waals surface area contributed by atoms with Crippen LogP contribution in [0.5, 0.6) is 0 Å². The summed E-state index contributed by atoms with van der Waals surface area (Å²) in [7, 11) is 4.49. The van der Waals surface area contributed by atoms with Crippen LogP contribution in [0.4, 0.5) is 0 Å². The predicted octanol–water partition coefficient (Wildman–Crippen LogP) is 3.56. The minimum absolute atomic E-state index is 1.15. The molecule has 11 heavy (non-hydrogen) atoms. The van der Waals surface area contributed by atoms with Gasteiger partial charge in [0.25, 0.3) is 0 Å². The molecule has 0 saturated carbocycles. The van der Waals surface area contributed by atoms with Crippen LogP contribution in [0, 0.1) is 6.92 Å². The van der Waals surface area contributed by atoms with E-state index < -0.39 is 0 Å². The summed E-state index contributed by atoms with van der Waals surface area (Å²) in [6.45, 7) is 3.93. The van der Waals surface area contributed by atoms with Crippen molar-refractivity contribution in [3.05, 3.63) is 30.7 Å². The van der Waals surface area contributed by atoms with Gasteiger partial charge in [-0.25, -0.2) is 0 Å². The Morgan fingerprint density at radius 1 is 1.18 bits per heavy atom. The Morgan fingerprint density at radius 3 is 2.55 bits per heavy atom. The first-order valence-electron chi connectivity index (χ1n) is 3.67. The van der Waals surface area contributed by atoms with Gasteiger partial charge in [-0.3, -0.25) is 0 Å². The van der Waals surface area contributed by atoms with Crippen LogP contribution in [0.3, 0.4) is 0 Å².